The Morgan fingerprint density at radius 1 is 1.53 bits per heavy atom. The molecule has 1 atom stereocenters. The molecule has 0 aliphatic heterocycles. The Bertz CT molecular complexity index is 339. The summed E-state index contributed by atoms with van der Waals surface area (Å²) in [7, 11) is 0. The molecule has 1 heterocycles. The Balaban J connectivity index is 2.38. The molecular formula is C9H15F3N4O. The molecule has 1 aromatic rings. The fourth-order valence-corrected chi connectivity index (χ4v) is 1.26. The standard InChI is InChI=1S/C9H15F3N4O/c1-2-3-16-8(14-6-15-16)5-13-4-7(17)9(10,11)12/h6-7,13,17H,2-5H2,1H3. The van der Waals surface area contributed by atoms with Crippen molar-refractivity contribution < 1.29 is 18.3 Å². The van der Waals surface area contributed by atoms with Crippen LogP contribution in [0, 0.1) is 0 Å². The lowest BCUT2D eigenvalue weighted by atomic mass is 10.3. The number of halogens is 3. The molecule has 0 aromatic carbocycles. The van der Waals surface area contributed by atoms with Gasteiger partial charge >= 0.3 is 6.18 Å². The van der Waals surface area contributed by atoms with Crippen molar-refractivity contribution in [2.45, 2.75) is 38.7 Å². The van der Waals surface area contributed by atoms with Crippen LogP contribution in [-0.2, 0) is 13.1 Å². The highest BCUT2D eigenvalue weighted by Crippen LogP contribution is 2.19. The first-order chi connectivity index (χ1) is 7.95. The van der Waals surface area contributed by atoms with Crippen LogP contribution in [0.25, 0.3) is 0 Å². The van der Waals surface area contributed by atoms with Crippen molar-refractivity contribution in [1.29, 1.82) is 0 Å². The van der Waals surface area contributed by atoms with E-state index < -0.39 is 18.8 Å². The van der Waals surface area contributed by atoms with Gasteiger partial charge in [0, 0.05) is 13.1 Å². The predicted octanol–water partition coefficient (Wildman–Crippen LogP) is 0.701. The maximum atomic E-state index is 12.0. The van der Waals surface area contributed by atoms with Gasteiger partial charge in [-0.25, -0.2) is 9.67 Å². The first-order valence-electron chi connectivity index (χ1n) is 5.27. The summed E-state index contributed by atoms with van der Waals surface area (Å²) in [5, 5.41) is 15.2. The second kappa shape index (κ2) is 5.97. The molecule has 5 nitrogen and oxygen atoms in total. The summed E-state index contributed by atoms with van der Waals surface area (Å²) in [6.45, 7) is 2.22. The van der Waals surface area contributed by atoms with Crippen LogP contribution in [0.3, 0.4) is 0 Å². The van der Waals surface area contributed by atoms with Crippen LogP contribution >= 0.6 is 0 Å². The third-order valence-corrected chi connectivity index (χ3v) is 2.13. The molecule has 0 saturated heterocycles. The lowest BCUT2D eigenvalue weighted by Crippen LogP contribution is -2.38. The van der Waals surface area contributed by atoms with Gasteiger partial charge in [0.05, 0.1) is 6.54 Å². The zero-order valence-corrected chi connectivity index (χ0v) is 9.41. The largest absolute Gasteiger partial charge is 0.415 e. The second-order valence-electron chi connectivity index (χ2n) is 3.59. The molecular weight excluding hydrogens is 237 g/mol. The molecule has 17 heavy (non-hydrogen) atoms. The molecule has 0 amide bonds. The van der Waals surface area contributed by atoms with E-state index in [0.717, 1.165) is 6.42 Å². The second-order valence-corrected chi connectivity index (χ2v) is 3.59. The highest BCUT2D eigenvalue weighted by molar-refractivity contribution is 4.84. The summed E-state index contributed by atoms with van der Waals surface area (Å²) in [4.78, 5) is 3.92. The third kappa shape index (κ3) is 4.31. The van der Waals surface area contributed by atoms with Crippen LogP contribution in [0.1, 0.15) is 19.2 Å². The number of hydrogen-bond acceptors (Lipinski definition) is 4. The lowest BCUT2D eigenvalue weighted by molar-refractivity contribution is -0.201. The van der Waals surface area contributed by atoms with E-state index in [0.29, 0.717) is 12.4 Å². The van der Waals surface area contributed by atoms with Crippen LogP contribution in [0.2, 0.25) is 0 Å². The molecule has 1 rings (SSSR count). The Morgan fingerprint density at radius 2 is 2.24 bits per heavy atom. The maximum absolute atomic E-state index is 12.0. The number of aromatic nitrogens is 3. The number of aryl methyl sites for hydroxylation is 1. The van der Waals surface area contributed by atoms with Crippen LogP contribution in [0.5, 0.6) is 0 Å². The summed E-state index contributed by atoms with van der Waals surface area (Å²) in [5.41, 5.74) is 0. The average molecular weight is 252 g/mol. The summed E-state index contributed by atoms with van der Waals surface area (Å²) in [6, 6.07) is 0. The van der Waals surface area contributed by atoms with Crippen molar-refractivity contribution in [3.63, 3.8) is 0 Å². The summed E-state index contributed by atoms with van der Waals surface area (Å²) < 4.78 is 37.6. The van der Waals surface area contributed by atoms with Crippen molar-refractivity contribution >= 4 is 0 Å². The Kier molecular flexibility index (Phi) is 4.88. The topological polar surface area (TPSA) is 63.0 Å². The molecule has 0 spiro atoms. The van der Waals surface area contributed by atoms with Crippen molar-refractivity contribution in [2.24, 2.45) is 0 Å². The van der Waals surface area contributed by atoms with Gasteiger partial charge in [-0.1, -0.05) is 6.92 Å². The summed E-state index contributed by atoms with van der Waals surface area (Å²) >= 11 is 0. The van der Waals surface area contributed by atoms with Gasteiger partial charge in [-0.05, 0) is 6.42 Å². The number of rotatable bonds is 6. The average Bonchev–Trinajstić information content (AvgIpc) is 2.65. The molecule has 0 fully saturated rings. The molecule has 8 heteroatoms. The van der Waals surface area contributed by atoms with Crippen LogP contribution in [-0.4, -0.2) is 38.7 Å². The lowest BCUT2D eigenvalue weighted by Gasteiger charge is -2.14. The number of nitrogens with zero attached hydrogens (tertiary/aromatic N) is 3. The van der Waals surface area contributed by atoms with E-state index in [1.807, 2.05) is 6.92 Å². The highest BCUT2D eigenvalue weighted by atomic mass is 19.4. The molecule has 0 bridgehead atoms. The van der Waals surface area contributed by atoms with Gasteiger partial charge in [0.25, 0.3) is 0 Å². The minimum Gasteiger partial charge on any atom is -0.382 e. The number of nitrogens with one attached hydrogen (secondary N) is 1. The molecule has 2 N–H and O–H groups in total. The monoisotopic (exact) mass is 252 g/mol. The Hall–Kier alpha value is -1.15. The smallest absolute Gasteiger partial charge is 0.382 e. The van der Waals surface area contributed by atoms with Crippen molar-refractivity contribution in [1.82, 2.24) is 20.1 Å². The van der Waals surface area contributed by atoms with Crippen LogP contribution < -0.4 is 5.32 Å². The SMILES string of the molecule is CCCn1ncnc1CNCC(O)C(F)(F)F. The van der Waals surface area contributed by atoms with Gasteiger partial charge in [0.1, 0.15) is 12.2 Å². The van der Waals surface area contributed by atoms with E-state index in [-0.39, 0.29) is 6.54 Å². The Morgan fingerprint density at radius 3 is 2.82 bits per heavy atom. The summed E-state index contributed by atoms with van der Waals surface area (Å²) in [5.74, 6) is 0.557. The van der Waals surface area contributed by atoms with Gasteiger partial charge < -0.3 is 10.4 Å². The van der Waals surface area contributed by atoms with Crippen molar-refractivity contribution in [2.75, 3.05) is 6.54 Å². The predicted molar refractivity (Wildman–Crippen MR) is 54.1 cm³/mol. The maximum Gasteiger partial charge on any atom is 0.415 e. The fourth-order valence-electron chi connectivity index (χ4n) is 1.26. The van der Waals surface area contributed by atoms with Gasteiger partial charge in [-0.2, -0.15) is 18.3 Å². The zero-order valence-electron chi connectivity index (χ0n) is 9.41. The first-order valence-corrected chi connectivity index (χ1v) is 5.27. The molecule has 1 unspecified atom stereocenters. The minimum atomic E-state index is -4.59. The van der Waals surface area contributed by atoms with Gasteiger partial charge in [-0.15, -0.1) is 0 Å². The number of aliphatic hydroxyl groups excluding tert-OH is 1. The van der Waals surface area contributed by atoms with E-state index in [1.165, 1.54) is 6.33 Å². The van der Waals surface area contributed by atoms with Crippen LogP contribution in [0.15, 0.2) is 6.33 Å². The van der Waals surface area contributed by atoms with Crippen LogP contribution in [0.4, 0.5) is 13.2 Å². The fraction of sp³-hybridized carbons (Fsp3) is 0.778. The normalized spacial score (nSPS) is 13.9. The van der Waals surface area contributed by atoms with E-state index in [4.69, 9.17) is 5.11 Å². The zero-order chi connectivity index (χ0) is 12.9. The quantitative estimate of drug-likeness (QED) is 0.782. The van der Waals surface area contributed by atoms with Gasteiger partial charge in [-0.3, -0.25) is 0 Å². The molecule has 0 aliphatic carbocycles. The summed E-state index contributed by atoms with van der Waals surface area (Å²) in [6.07, 6.45) is -4.73. The molecule has 0 saturated carbocycles. The van der Waals surface area contributed by atoms with Crippen molar-refractivity contribution in [3.8, 4) is 0 Å². The molecule has 0 radical (unpaired) electrons. The molecule has 98 valence electrons. The molecule has 0 aliphatic rings. The van der Waals surface area contributed by atoms with E-state index >= 15 is 0 Å². The highest BCUT2D eigenvalue weighted by Gasteiger charge is 2.37. The third-order valence-electron chi connectivity index (χ3n) is 2.13. The first kappa shape index (κ1) is 13.9. The van der Waals surface area contributed by atoms with E-state index in [1.54, 1.807) is 4.68 Å². The van der Waals surface area contributed by atoms with Crippen molar-refractivity contribution in [3.05, 3.63) is 12.2 Å². The number of aliphatic hydroxyl groups is 1. The van der Waals surface area contributed by atoms with Gasteiger partial charge in [0.15, 0.2) is 6.10 Å². The minimum absolute atomic E-state index is 0.146. The molecule has 1 aromatic heterocycles. The van der Waals surface area contributed by atoms with Gasteiger partial charge in [0.2, 0.25) is 0 Å². The van der Waals surface area contributed by atoms with E-state index in [2.05, 4.69) is 15.4 Å². The Labute approximate surface area is 96.7 Å². The number of alkyl halides is 3. The van der Waals surface area contributed by atoms with E-state index in [9.17, 15) is 13.2 Å². The number of hydrogen-bond donors (Lipinski definition) is 2.